The third-order valence-corrected chi connectivity index (χ3v) is 7.34. The minimum Gasteiger partial charge on any atom is -0.487 e. The van der Waals surface area contributed by atoms with Crippen LogP contribution in [0.3, 0.4) is 0 Å². The van der Waals surface area contributed by atoms with Crippen LogP contribution >= 0.6 is 12.2 Å². The summed E-state index contributed by atoms with van der Waals surface area (Å²) in [6.07, 6.45) is 6.93. The lowest BCUT2D eigenvalue weighted by Gasteiger charge is -2.29. The Morgan fingerprint density at radius 3 is 2.45 bits per heavy atom. The molecule has 0 unspecified atom stereocenters. The third kappa shape index (κ3) is 5.25. The van der Waals surface area contributed by atoms with Crippen molar-refractivity contribution in [2.75, 3.05) is 4.90 Å². The van der Waals surface area contributed by atoms with Gasteiger partial charge < -0.3 is 9.47 Å². The molecule has 0 atom stereocenters. The quantitative estimate of drug-likeness (QED) is 0.135. The maximum atomic E-state index is 13.9. The van der Waals surface area contributed by atoms with Gasteiger partial charge in [-0.15, -0.1) is 0 Å². The molecule has 2 amide bonds. The van der Waals surface area contributed by atoms with Gasteiger partial charge in [-0.1, -0.05) is 48.5 Å². The van der Waals surface area contributed by atoms with E-state index in [2.05, 4.69) is 15.3 Å². The second kappa shape index (κ2) is 11.4. The van der Waals surface area contributed by atoms with Gasteiger partial charge in [0.15, 0.2) is 5.11 Å². The van der Waals surface area contributed by atoms with Gasteiger partial charge in [0.2, 0.25) is 5.78 Å². The van der Waals surface area contributed by atoms with Crippen LogP contribution < -0.4 is 19.7 Å². The molecule has 214 valence electrons. The number of carbonyl (C=O) groups is 2. The van der Waals surface area contributed by atoms with Crippen LogP contribution in [0.5, 0.6) is 17.2 Å². The average Bonchev–Trinajstić information content (AvgIpc) is 3.47. The van der Waals surface area contributed by atoms with Gasteiger partial charge in [0.1, 0.15) is 29.4 Å². The van der Waals surface area contributed by atoms with Crippen molar-refractivity contribution in [1.29, 1.82) is 0 Å². The van der Waals surface area contributed by atoms with E-state index in [4.69, 9.17) is 21.7 Å². The van der Waals surface area contributed by atoms with Crippen LogP contribution in [0.4, 0.5) is 5.69 Å². The predicted molar refractivity (Wildman–Crippen MR) is 170 cm³/mol. The predicted octanol–water partition coefficient (Wildman–Crippen LogP) is 6.09. The molecule has 44 heavy (non-hydrogen) atoms. The highest BCUT2D eigenvalue weighted by Crippen LogP contribution is 2.33. The third-order valence-electron chi connectivity index (χ3n) is 7.06. The number of thiocarbonyl (C=S) groups is 1. The smallest absolute Gasteiger partial charge is 0.270 e. The Morgan fingerprint density at radius 1 is 0.864 bits per heavy atom. The van der Waals surface area contributed by atoms with Crippen molar-refractivity contribution in [3.63, 3.8) is 0 Å². The topological polar surface area (TPSA) is 98.1 Å². The van der Waals surface area contributed by atoms with Crippen molar-refractivity contribution in [2.45, 2.75) is 6.61 Å². The van der Waals surface area contributed by atoms with Crippen LogP contribution in [0.25, 0.3) is 22.6 Å². The summed E-state index contributed by atoms with van der Waals surface area (Å²) in [5.41, 5.74) is 1.67. The first-order chi connectivity index (χ1) is 21.5. The molecule has 0 saturated carbocycles. The Bertz CT molecular complexity index is 2060. The number of para-hydroxylation sites is 1. The molecule has 1 N–H and O–H groups in total. The minimum absolute atomic E-state index is 0.0104. The molecule has 1 saturated heterocycles. The normalized spacial score (nSPS) is 14.3. The number of amides is 2. The molecule has 7 rings (SSSR count). The van der Waals surface area contributed by atoms with Crippen molar-refractivity contribution in [3.8, 4) is 17.2 Å². The number of hydrogen-bond acceptors (Lipinski definition) is 7. The first kappa shape index (κ1) is 27.0. The van der Waals surface area contributed by atoms with E-state index in [1.807, 2.05) is 89.6 Å². The average molecular weight is 598 g/mol. The van der Waals surface area contributed by atoms with Gasteiger partial charge in [-0.3, -0.25) is 24.2 Å². The van der Waals surface area contributed by atoms with Gasteiger partial charge in [-0.05, 0) is 77.6 Å². The van der Waals surface area contributed by atoms with Gasteiger partial charge in [0, 0.05) is 24.2 Å². The number of ether oxygens (including phenoxy) is 2. The SMILES string of the molecule is O=C1NC(=S)N(c2ccc(Oc3ccccc3)cc2)C(=O)C1=Cc1c(OCc2cn3cccnc3n2)ccc2ccccc12. The van der Waals surface area contributed by atoms with Crippen molar-refractivity contribution in [3.05, 3.63) is 132 Å². The second-order valence-corrected chi connectivity index (χ2v) is 10.3. The number of benzene rings is 4. The Hall–Kier alpha value is -5.87. The minimum atomic E-state index is -0.592. The van der Waals surface area contributed by atoms with Gasteiger partial charge in [0.05, 0.1) is 11.4 Å². The van der Waals surface area contributed by atoms with E-state index in [1.54, 1.807) is 36.5 Å². The van der Waals surface area contributed by atoms with E-state index >= 15 is 0 Å². The van der Waals surface area contributed by atoms with Crippen molar-refractivity contribution in [2.24, 2.45) is 0 Å². The molecule has 9 nitrogen and oxygen atoms in total. The molecule has 0 radical (unpaired) electrons. The molecule has 0 aliphatic carbocycles. The van der Waals surface area contributed by atoms with E-state index < -0.39 is 11.8 Å². The van der Waals surface area contributed by atoms with Gasteiger partial charge in [-0.2, -0.15) is 0 Å². The lowest BCUT2D eigenvalue weighted by atomic mass is 9.99. The lowest BCUT2D eigenvalue weighted by molar-refractivity contribution is -0.122. The first-order valence-corrected chi connectivity index (χ1v) is 14.1. The molecule has 3 heterocycles. The van der Waals surface area contributed by atoms with Gasteiger partial charge >= 0.3 is 0 Å². The van der Waals surface area contributed by atoms with Crippen LogP contribution in [0.15, 0.2) is 121 Å². The largest absolute Gasteiger partial charge is 0.487 e. The summed E-state index contributed by atoms with van der Waals surface area (Å²) >= 11 is 5.42. The van der Waals surface area contributed by atoms with Crippen LogP contribution in [0.2, 0.25) is 0 Å². The Labute approximate surface area is 257 Å². The number of hydrogen-bond donors (Lipinski definition) is 1. The number of aromatic nitrogens is 3. The molecule has 0 spiro atoms. The highest BCUT2D eigenvalue weighted by molar-refractivity contribution is 7.80. The van der Waals surface area contributed by atoms with Crippen LogP contribution in [0.1, 0.15) is 11.3 Å². The highest BCUT2D eigenvalue weighted by Gasteiger charge is 2.35. The maximum absolute atomic E-state index is 13.9. The van der Waals surface area contributed by atoms with Crippen molar-refractivity contribution < 1.29 is 19.1 Å². The van der Waals surface area contributed by atoms with E-state index in [9.17, 15) is 9.59 Å². The molecule has 0 bridgehead atoms. The fourth-order valence-corrected chi connectivity index (χ4v) is 5.26. The van der Waals surface area contributed by atoms with Crippen LogP contribution in [-0.4, -0.2) is 31.3 Å². The maximum Gasteiger partial charge on any atom is 0.270 e. The zero-order valence-corrected chi connectivity index (χ0v) is 23.9. The summed E-state index contributed by atoms with van der Waals surface area (Å²) in [7, 11) is 0. The van der Waals surface area contributed by atoms with E-state index in [1.165, 1.54) is 4.90 Å². The number of carbonyl (C=O) groups excluding carboxylic acids is 2. The Kier molecular flexibility index (Phi) is 7.01. The van der Waals surface area contributed by atoms with Crippen molar-refractivity contribution in [1.82, 2.24) is 19.7 Å². The number of nitrogens with one attached hydrogen (secondary N) is 1. The second-order valence-electron chi connectivity index (χ2n) is 9.91. The summed E-state index contributed by atoms with van der Waals surface area (Å²) in [5.74, 6) is 1.18. The standard InChI is InChI=1S/C34H23N5O4S/c40-31-29(32(41)39(34(44)37-31)24-12-14-26(15-13-24)43-25-8-2-1-3-9-25)19-28-27-10-5-4-7-22(27)11-16-30(28)42-21-23-20-38-18-6-17-35-33(38)36-23/h1-20H,21H2,(H,37,40,44). The van der Waals surface area contributed by atoms with Crippen LogP contribution in [-0.2, 0) is 16.2 Å². The molecule has 1 fully saturated rings. The molecular formula is C34H23N5O4S. The summed E-state index contributed by atoms with van der Waals surface area (Å²) in [5, 5.41) is 4.39. The highest BCUT2D eigenvalue weighted by atomic mass is 32.1. The molecule has 6 aromatic rings. The molecule has 4 aromatic carbocycles. The summed E-state index contributed by atoms with van der Waals surface area (Å²) in [6, 6.07) is 29.6. The summed E-state index contributed by atoms with van der Waals surface area (Å²) in [4.78, 5) is 37.1. The number of fused-ring (bicyclic) bond motifs is 2. The zero-order chi connectivity index (χ0) is 30.0. The molecule has 1 aliphatic heterocycles. The molecule has 10 heteroatoms. The number of imidazole rings is 1. The van der Waals surface area contributed by atoms with E-state index in [0.29, 0.717) is 40.0 Å². The number of rotatable bonds is 7. The number of nitrogens with zero attached hydrogens (tertiary/aromatic N) is 4. The van der Waals surface area contributed by atoms with Crippen LogP contribution in [0, 0.1) is 0 Å². The number of anilines is 1. The lowest BCUT2D eigenvalue weighted by Crippen LogP contribution is -2.54. The van der Waals surface area contributed by atoms with E-state index in [-0.39, 0.29) is 17.3 Å². The fraction of sp³-hybridized carbons (Fsp3) is 0.0294. The van der Waals surface area contributed by atoms with Gasteiger partial charge in [0.25, 0.3) is 11.8 Å². The van der Waals surface area contributed by atoms with Gasteiger partial charge in [-0.25, -0.2) is 9.97 Å². The molecule has 1 aliphatic rings. The fourth-order valence-electron chi connectivity index (χ4n) is 4.98. The molecular weight excluding hydrogens is 574 g/mol. The Morgan fingerprint density at radius 2 is 1.64 bits per heavy atom. The summed E-state index contributed by atoms with van der Waals surface area (Å²) < 4.78 is 13.9. The van der Waals surface area contributed by atoms with E-state index in [0.717, 1.165) is 10.8 Å². The zero-order valence-electron chi connectivity index (χ0n) is 23.1. The summed E-state index contributed by atoms with van der Waals surface area (Å²) in [6.45, 7) is 0.158. The monoisotopic (exact) mass is 597 g/mol. The molecule has 2 aromatic heterocycles. The Balaban J connectivity index is 1.21. The first-order valence-electron chi connectivity index (χ1n) is 13.7. The van der Waals surface area contributed by atoms with Crippen molar-refractivity contribution >= 4 is 57.5 Å².